The van der Waals surface area contributed by atoms with Gasteiger partial charge in [0, 0.05) is 41.4 Å². The van der Waals surface area contributed by atoms with E-state index in [-0.39, 0.29) is 40.2 Å². The zero-order valence-electron chi connectivity index (χ0n) is 17.2. The molecule has 3 heteroatoms. The van der Waals surface area contributed by atoms with Crippen LogP contribution in [0.2, 0.25) is 0 Å². The second kappa shape index (κ2) is 6.08. The van der Waals surface area contributed by atoms with Crippen LogP contribution >= 0.6 is 0 Å². The molecule has 0 aromatic heterocycles. The molecule has 1 aromatic carbocycles. The largest absolute Gasteiger partial charge is 0.497 e. The number of allylic oxidation sites excluding steroid dienone is 2. The first-order valence-electron chi connectivity index (χ1n) is 10.8. The summed E-state index contributed by atoms with van der Waals surface area (Å²) in [6.45, 7) is 2.34. The Bertz CT molecular complexity index is 951. The SMILES string of the molecule is C#CC[C@H]1CC(=O)[C@H]2[C@@H](C1=O)[C@]1(c3ccc(OC)cc3)C=C[C@@]23CCCC[C@@]31C. The normalized spacial score (nSPS) is 42.3. The molecule has 0 radical (unpaired) electrons. The Morgan fingerprint density at radius 3 is 2.52 bits per heavy atom. The molecule has 0 unspecified atom stereocenters. The molecule has 0 heterocycles. The molecule has 0 amide bonds. The first-order chi connectivity index (χ1) is 13.9. The van der Waals surface area contributed by atoms with E-state index in [0.717, 1.165) is 37.0 Å². The molecule has 3 fully saturated rings. The quantitative estimate of drug-likeness (QED) is 0.566. The molecule has 3 saturated carbocycles. The standard InChI is InChI=1S/C26H28O3/c1-4-7-17-16-20(27)21-22(23(17)28)26(18-8-10-19(29-3)11-9-18)15-14-25(21)13-6-5-12-24(25,26)2/h1,8-11,14-15,17,21-22H,5-7,12-13,16H2,2-3H3/t17-,21-,22-,24-,25-,26+/m0/s1. The molecule has 0 aliphatic heterocycles. The molecule has 3 nitrogen and oxygen atoms in total. The van der Waals surface area contributed by atoms with Crippen molar-refractivity contribution in [2.45, 2.75) is 50.9 Å². The Kier molecular flexibility index (Phi) is 3.92. The van der Waals surface area contributed by atoms with Crippen LogP contribution in [0.5, 0.6) is 5.75 Å². The van der Waals surface area contributed by atoms with Gasteiger partial charge in [-0.1, -0.05) is 44.1 Å². The molecule has 2 bridgehead atoms. The maximum absolute atomic E-state index is 13.8. The lowest BCUT2D eigenvalue weighted by molar-refractivity contribution is -0.144. The van der Waals surface area contributed by atoms with Gasteiger partial charge in [-0.15, -0.1) is 12.3 Å². The lowest BCUT2D eigenvalue weighted by atomic mass is 9.52. The van der Waals surface area contributed by atoms with Gasteiger partial charge in [0.25, 0.3) is 0 Å². The van der Waals surface area contributed by atoms with Crippen LogP contribution in [0.25, 0.3) is 0 Å². The number of carbonyl (C=O) groups is 2. The minimum absolute atomic E-state index is 0.126. The van der Waals surface area contributed by atoms with Crippen LogP contribution < -0.4 is 4.74 Å². The molecule has 6 atom stereocenters. The molecule has 0 saturated heterocycles. The molecule has 4 aliphatic carbocycles. The summed E-state index contributed by atoms with van der Waals surface area (Å²) in [4.78, 5) is 27.3. The van der Waals surface area contributed by atoms with Gasteiger partial charge in [0.15, 0.2) is 0 Å². The molecule has 29 heavy (non-hydrogen) atoms. The Balaban J connectivity index is 1.75. The minimum atomic E-state index is -0.440. The van der Waals surface area contributed by atoms with Crippen LogP contribution in [0.1, 0.15) is 51.0 Å². The number of hydrogen-bond donors (Lipinski definition) is 0. The third kappa shape index (κ3) is 2.00. The van der Waals surface area contributed by atoms with E-state index < -0.39 is 5.41 Å². The minimum Gasteiger partial charge on any atom is -0.497 e. The lowest BCUT2D eigenvalue weighted by Crippen LogP contribution is -2.50. The van der Waals surface area contributed by atoms with Crippen molar-refractivity contribution in [1.29, 1.82) is 0 Å². The number of hydrogen-bond acceptors (Lipinski definition) is 3. The number of fused-ring (bicyclic) bond motifs is 2. The van der Waals surface area contributed by atoms with Gasteiger partial charge in [0.05, 0.1) is 7.11 Å². The number of terminal acetylenes is 1. The predicted molar refractivity (Wildman–Crippen MR) is 111 cm³/mol. The maximum Gasteiger partial charge on any atom is 0.142 e. The van der Waals surface area contributed by atoms with Gasteiger partial charge >= 0.3 is 0 Å². The van der Waals surface area contributed by atoms with E-state index in [0.29, 0.717) is 12.8 Å². The fraction of sp³-hybridized carbons (Fsp3) is 0.538. The fourth-order valence-corrected chi connectivity index (χ4v) is 7.70. The van der Waals surface area contributed by atoms with E-state index in [1.165, 1.54) is 0 Å². The third-order valence-corrected chi connectivity index (χ3v) is 8.92. The van der Waals surface area contributed by atoms with Crippen LogP contribution in [-0.2, 0) is 15.0 Å². The van der Waals surface area contributed by atoms with E-state index in [2.05, 4.69) is 37.1 Å². The summed E-state index contributed by atoms with van der Waals surface area (Å²) in [5, 5.41) is 0. The molecule has 1 aromatic rings. The van der Waals surface area contributed by atoms with Gasteiger partial charge in [-0.25, -0.2) is 0 Å². The summed E-state index contributed by atoms with van der Waals surface area (Å²) in [5.41, 5.74) is 0.364. The number of rotatable bonds is 3. The Morgan fingerprint density at radius 2 is 1.83 bits per heavy atom. The van der Waals surface area contributed by atoms with E-state index in [9.17, 15) is 9.59 Å². The van der Waals surface area contributed by atoms with Gasteiger partial charge < -0.3 is 4.74 Å². The van der Waals surface area contributed by atoms with Crippen LogP contribution in [0.15, 0.2) is 36.4 Å². The van der Waals surface area contributed by atoms with Crippen molar-refractivity contribution in [3.8, 4) is 18.1 Å². The van der Waals surface area contributed by atoms with Crippen molar-refractivity contribution in [3.05, 3.63) is 42.0 Å². The van der Waals surface area contributed by atoms with Crippen molar-refractivity contribution >= 4 is 11.6 Å². The van der Waals surface area contributed by atoms with Crippen LogP contribution in [-0.4, -0.2) is 18.7 Å². The molecule has 0 spiro atoms. The Morgan fingerprint density at radius 1 is 1.10 bits per heavy atom. The van der Waals surface area contributed by atoms with Crippen molar-refractivity contribution in [2.75, 3.05) is 7.11 Å². The predicted octanol–water partition coefficient (Wildman–Crippen LogP) is 4.50. The highest BCUT2D eigenvalue weighted by Gasteiger charge is 2.79. The van der Waals surface area contributed by atoms with Gasteiger partial charge in [-0.05, 0) is 36.0 Å². The summed E-state index contributed by atoms with van der Waals surface area (Å²) in [7, 11) is 1.66. The summed E-state index contributed by atoms with van der Waals surface area (Å²) >= 11 is 0. The second-order valence-corrected chi connectivity index (χ2v) is 9.64. The van der Waals surface area contributed by atoms with Crippen molar-refractivity contribution in [1.82, 2.24) is 0 Å². The average Bonchev–Trinajstić information content (AvgIpc) is 3.12. The number of carbonyl (C=O) groups excluding carboxylic acids is 2. The van der Waals surface area contributed by atoms with Crippen molar-refractivity contribution < 1.29 is 14.3 Å². The molecular formula is C26H28O3. The Labute approximate surface area is 172 Å². The fourth-order valence-electron chi connectivity index (χ4n) is 7.70. The summed E-state index contributed by atoms with van der Waals surface area (Å²) in [5.74, 6) is 3.07. The van der Waals surface area contributed by atoms with Crippen LogP contribution in [0, 0.1) is 40.9 Å². The molecule has 4 aliphatic rings. The number of methoxy groups -OCH3 is 1. The molecule has 150 valence electrons. The number of ketones is 2. The van der Waals surface area contributed by atoms with Crippen molar-refractivity contribution in [2.24, 2.45) is 28.6 Å². The third-order valence-electron chi connectivity index (χ3n) is 8.92. The highest BCUT2D eigenvalue weighted by molar-refractivity contribution is 6.01. The zero-order valence-corrected chi connectivity index (χ0v) is 17.2. The van der Waals surface area contributed by atoms with Crippen LogP contribution in [0.3, 0.4) is 0 Å². The highest BCUT2D eigenvalue weighted by Crippen LogP contribution is 2.79. The smallest absolute Gasteiger partial charge is 0.142 e. The summed E-state index contributed by atoms with van der Waals surface area (Å²) < 4.78 is 5.37. The van der Waals surface area contributed by atoms with Gasteiger partial charge in [-0.2, -0.15) is 0 Å². The Hall–Kier alpha value is -2.34. The van der Waals surface area contributed by atoms with E-state index in [1.807, 2.05) is 12.1 Å². The first-order valence-corrected chi connectivity index (χ1v) is 10.8. The molecular weight excluding hydrogens is 360 g/mol. The molecule has 5 rings (SSSR count). The van der Waals surface area contributed by atoms with E-state index >= 15 is 0 Å². The van der Waals surface area contributed by atoms with Gasteiger partial charge in [0.2, 0.25) is 0 Å². The van der Waals surface area contributed by atoms with Gasteiger partial charge in [0.1, 0.15) is 17.3 Å². The monoisotopic (exact) mass is 388 g/mol. The summed E-state index contributed by atoms with van der Waals surface area (Å²) in [6.07, 6.45) is 15.2. The summed E-state index contributed by atoms with van der Waals surface area (Å²) in [6, 6.07) is 8.16. The highest BCUT2D eigenvalue weighted by atomic mass is 16.5. The van der Waals surface area contributed by atoms with Crippen LogP contribution in [0.4, 0.5) is 0 Å². The van der Waals surface area contributed by atoms with Gasteiger partial charge in [-0.3, -0.25) is 9.59 Å². The topological polar surface area (TPSA) is 43.4 Å². The number of Topliss-reactive ketones (excluding diaryl/α,β-unsaturated/α-hetero) is 2. The maximum atomic E-state index is 13.8. The number of ether oxygens (including phenoxy) is 1. The van der Waals surface area contributed by atoms with E-state index in [4.69, 9.17) is 11.2 Å². The van der Waals surface area contributed by atoms with Crippen molar-refractivity contribution in [3.63, 3.8) is 0 Å². The number of benzene rings is 1. The lowest BCUT2D eigenvalue weighted by Gasteiger charge is -2.50. The van der Waals surface area contributed by atoms with E-state index in [1.54, 1.807) is 7.11 Å². The molecule has 0 N–H and O–H groups in total. The first kappa shape index (κ1) is 18.7. The average molecular weight is 389 g/mol. The zero-order chi connectivity index (χ0) is 20.4. The second-order valence-electron chi connectivity index (χ2n) is 9.64.